The summed E-state index contributed by atoms with van der Waals surface area (Å²) >= 11 is 0. The van der Waals surface area contributed by atoms with Gasteiger partial charge < -0.3 is 0 Å². The van der Waals surface area contributed by atoms with Crippen LogP contribution in [0.4, 0.5) is 0 Å². The normalized spacial score (nSPS) is 15.9. The Balaban J connectivity index is 1.60. The molecule has 0 bridgehead atoms. The summed E-state index contributed by atoms with van der Waals surface area (Å²) in [6.45, 7) is 2.33. The largest absolute Gasteiger partial charge is 0.0882 e. The number of benzene rings is 5. The summed E-state index contributed by atoms with van der Waals surface area (Å²) in [7, 11) is -0.755. The van der Waals surface area contributed by atoms with E-state index in [9.17, 15) is 0 Å². The van der Waals surface area contributed by atoms with E-state index < -0.39 is 14.9 Å². The van der Waals surface area contributed by atoms with Crippen LogP contribution in [-0.2, 0) is 5.41 Å². The molecule has 0 aliphatic heterocycles. The van der Waals surface area contributed by atoms with Crippen LogP contribution in [-0.4, -0.2) is 9.52 Å². The van der Waals surface area contributed by atoms with Crippen molar-refractivity contribution < 1.29 is 0 Å². The van der Waals surface area contributed by atoms with Crippen molar-refractivity contribution in [1.29, 1.82) is 0 Å². The predicted molar refractivity (Wildman–Crippen MR) is 177 cm³/mol. The first-order chi connectivity index (χ1) is 20.3. The van der Waals surface area contributed by atoms with Crippen LogP contribution < -0.4 is 10.4 Å². The maximum absolute atomic E-state index is 2.46. The van der Waals surface area contributed by atoms with E-state index in [-0.39, 0.29) is 5.92 Å². The molecule has 0 spiro atoms. The highest BCUT2D eigenvalue weighted by Gasteiger charge is 2.43. The molecule has 2 aliphatic rings. The average Bonchev–Trinajstić information content (AvgIpc) is 3.72. The van der Waals surface area contributed by atoms with E-state index in [1.54, 1.807) is 5.19 Å². The Labute approximate surface area is 246 Å². The molecule has 5 aromatic rings. The molecular formula is C40H34Si. The quantitative estimate of drug-likeness (QED) is 0.148. The first kappa shape index (κ1) is 25.5. The van der Waals surface area contributed by atoms with Crippen molar-refractivity contribution in [2.45, 2.75) is 24.7 Å². The fourth-order valence-corrected chi connectivity index (χ4v) is 9.03. The van der Waals surface area contributed by atoms with Crippen molar-refractivity contribution >= 4 is 26.0 Å². The van der Waals surface area contributed by atoms with E-state index in [4.69, 9.17) is 0 Å². The summed E-state index contributed by atoms with van der Waals surface area (Å²) in [6, 6.07) is 47.4. The standard InChI is InChI=1S/C40H34Si/c1-29-25-28-37(40(33-20-12-13-21-33,31-16-5-2-6-17-31)32-18-7-3-8-19-32)38(39(29)41-34-22-9-4-10-23-34)36-27-26-30-15-11-14-24-35(30)36/h2-20,22-28,36H,21,41H2,1H3. The van der Waals surface area contributed by atoms with E-state index in [0.717, 1.165) is 6.42 Å². The van der Waals surface area contributed by atoms with Crippen molar-refractivity contribution in [3.8, 4) is 0 Å². The Morgan fingerprint density at radius 2 is 1.32 bits per heavy atom. The predicted octanol–water partition coefficient (Wildman–Crippen LogP) is 7.49. The van der Waals surface area contributed by atoms with Gasteiger partial charge in [0.2, 0.25) is 0 Å². The van der Waals surface area contributed by atoms with Gasteiger partial charge in [-0.25, -0.2) is 0 Å². The smallest absolute Gasteiger partial charge is 0.0804 e. The molecule has 1 heteroatoms. The molecule has 5 aromatic carbocycles. The van der Waals surface area contributed by atoms with E-state index in [1.165, 1.54) is 49.7 Å². The van der Waals surface area contributed by atoms with E-state index in [1.807, 2.05) is 0 Å². The molecule has 1 atom stereocenters. The second kappa shape index (κ2) is 10.8. The van der Waals surface area contributed by atoms with Crippen molar-refractivity contribution in [3.05, 3.63) is 196 Å². The third kappa shape index (κ3) is 4.38. The van der Waals surface area contributed by atoms with Crippen LogP contribution in [0.1, 0.15) is 51.3 Å². The molecule has 0 aromatic heterocycles. The monoisotopic (exact) mass is 542 g/mol. The van der Waals surface area contributed by atoms with Crippen LogP contribution in [0, 0.1) is 6.92 Å². The van der Waals surface area contributed by atoms with Crippen molar-refractivity contribution in [2.24, 2.45) is 0 Å². The zero-order valence-corrected chi connectivity index (χ0v) is 24.9. The highest BCUT2D eigenvalue weighted by molar-refractivity contribution is 6.68. The molecule has 0 heterocycles. The number of hydrogen-bond acceptors (Lipinski definition) is 0. The molecule has 0 N–H and O–H groups in total. The van der Waals surface area contributed by atoms with Gasteiger partial charge in [0, 0.05) is 5.92 Å². The summed E-state index contributed by atoms with van der Waals surface area (Å²) in [5.74, 6) is 0.217. The zero-order chi connectivity index (χ0) is 27.6. The molecule has 198 valence electrons. The van der Waals surface area contributed by atoms with Crippen LogP contribution in [0.2, 0.25) is 0 Å². The number of aryl methyl sites for hydroxylation is 1. The van der Waals surface area contributed by atoms with Crippen LogP contribution >= 0.6 is 0 Å². The summed E-state index contributed by atoms with van der Waals surface area (Å²) in [5, 5.41) is 3.05. The lowest BCUT2D eigenvalue weighted by Crippen LogP contribution is -2.39. The van der Waals surface area contributed by atoms with Crippen LogP contribution in [0.5, 0.6) is 0 Å². The van der Waals surface area contributed by atoms with E-state index in [2.05, 4.69) is 165 Å². The van der Waals surface area contributed by atoms with Crippen molar-refractivity contribution in [2.75, 3.05) is 0 Å². The van der Waals surface area contributed by atoms with Crippen LogP contribution in [0.15, 0.2) is 157 Å². The molecule has 1 unspecified atom stereocenters. The molecule has 0 amide bonds. The van der Waals surface area contributed by atoms with Crippen LogP contribution in [0.25, 0.3) is 6.08 Å². The Morgan fingerprint density at radius 3 is 1.98 bits per heavy atom. The third-order valence-corrected chi connectivity index (χ3v) is 11.2. The molecular weight excluding hydrogens is 509 g/mol. The lowest BCUT2D eigenvalue weighted by atomic mass is 9.62. The number of allylic oxidation sites excluding steroid dienone is 5. The molecule has 0 fully saturated rings. The summed E-state index contributed by atoms with van der Waals surface area (Å²) < 4.78 is 0. The zero-order valence-electron chi connectivity index (χ0n) is 23.5. The Bertz CT molecular complexity index is 1740. The van der Waals surface area contributed by atoms with Gasteiger partial charge in [-0.15, -0.1) is 0 Å². The third-order valence-electron chi connectivity index (χ3n) is 9.00. The van der Waals surface area contributed by atoms with Crippen molar-refractivity contribution in [3.63, 3.8) is 0 Å². The van der Waals surface area contributed by atoms with Gasteiger partial charge in [-0.1, -0.05) is 174 Å². The Hall–Kier alpha value is -4.46. The first-order valence-electron chi connectivity index (χ1n) is 14.7. The number of rotatable bonds is 7. The van der Waals surface area contributed by atoms with Gasteiger partial charge in [0.05, 0.1) is 14.9 Å². The van der Waals surface area contributed by atoms with Gasteiger partial charge in [-0.3, -0.25) is 0 Å². The SMILES string of the molecule is Cc1ccc(C(C2=CC=CC2)(c2ccccc2)c2ccccc2)c(C2C=Cc3ccccc32)c1[SiH2]c1ccccc1. The average molecular weight is 543 g/mol. The summed E-state index contributed by atoms with van der Waals surface area (Å²) in [4.78, 5) is 0. The van der Waals surface area contributed by atoms with Crippen molar-refractivity contribution in [1.82, 2.24) is 0 Å². The van der Waals surface area contributed by atoms with Gasteiger partial charge in [0.25, 0.3) is 0 Å². The summed E-state index contributed by atoms with van der Waals surface area (Å²) in [6.07, 6.45) is 12.7. The second-order valence-electron chi connectivity index (χ2n) is 11.3. The minimum absolute atomic E-state index is 0.217. The van der Waals surface area contributed by atoms with Crippen LogP contribution in [0.3, 0.4) is 0 Å². The maximum atomic E-state index is 2.46. The minimum Gasteiger partial charge on any atom is -0.0804 e. The number of hydrogen-bond donors (Lipinski definition) is 0. The Morgan fingerprint density at radius 1 is 0.683 bits per heavy atom. The number of fused-ring (bicyclic) bond motifs is 1. The van der Waals surface area contributed by atoms with E-state index >= 15 is 0 Å². The van der Waals surface area contributed by atoms with Gasteiger partial charge >= 0.3 is 0 Å². The fourth-order valence-electron chi connectivity index (χ4n) is 7.11. The topological polar surface area (TPSA) is 0 Å². The highest BCUT2D eigenvalue weighted by atomic mass is 28.2. The second-order valence-corrected chi connectivity index (χ2v) is 13.1. The molecule has 7 rings (SSSR count). The molecule has 0 saturated heterocycles. The maximum Gasteiger partial charge on any atom is 0.0882 e. The van der Waals surface area contributed by atoms with Gasteiger partial charge in [-0.05, 0) is 52.3 Å². The lowest BCUT2D eigenvalue weighted by Gasteiger charge is -2.41. The molecule has 0 saturated carbocycles. The lowest BCUT2D eigenvalue weighted by molar-refractivity contribution is 0.699. The van der Waals surface area contributed by atoms with Gasteiger partial charge in [0.1, 0.15) is 0 Å². The minimum atomic E-state index is -0.755. The molecule has 41 heavy (non-hydrogen) atoms. The summed E-state index contributed by atoms with van der Waals surface area (Å²) in [5.41, 5.74) is 10.8. The molecule has 0 radical (unpaired) electrons. The molecule has 0 nitrogen and oxygen atoms in total. The Kier molecular flexibility index (Phi) is 6.74. The van der Waals surface area contributed by atoms with E-state index in [0.29, 0.717) is 0 Å². The van der Waals surface area contributed by atoms with Gasteiger partial charge in [-0.2, -0.15) is 0 Å². The molecule has 2 aliphatic carbocycles. The first-order valence-corrected chi connectivity index (χ1v) is 16.1. The fraction of sp³-hybridized carbons (Fsp3) is 0.100. The highest BCUT2D eigenvalue weighted by Crippen LogP contribution is 2.51. The van der Waals surface area contributed by atoms with Gasteiger partial charge in [0.15, 0.2) is 0 Å².